The van der Waals surface area contributed by atoms with Crippen LogP contribution in [-0.2, 0) is 13.5 Å². The number of thiol groups is 1. The first kappa shape index (κ1) is 11.4. The Kier molecular flexibility index (Phi) is 10.8. The third-order valence-electron chi connectivity index (χ3n) is 0.667. The van der Waals surface area contributed by atoms with E-state index in [4.69, 9.17) is 0 Å². The fourth-order valence-corrected chi connectivity index (χ4v) is 0.385. The average Bonchev–Trinajstić information content (AvgIpc) is 1.72. The first-order valence-electron chi connectivity index (χ1n) is 2.00. The molecule has 0 spiro atoms. The van der Waals surface area contributed by atoms with Crippen LogP contribution in [0.15, 0.2) is 36.4 Å². The third kappa shape index (κ3) is 4.72. The molecule has 0 aliphatic heterocycles. The van der Waals surface area contributed by atoms with Gasteiger partial charge < -0.3 is 13.5 Å². The van der Waals surface area contributed by atoms with Gasteiger partial charge in [0.1, 0.15) is 0 Å². The summed E-state index contributed by atoms with van der Waals surface area (Å²) in [6, 6.07) is 12.0. The summed E-state index contributed by atoms with van der Waals surface area (Å²) >= 11 is 0. The molecule has 0 heterocycles. The summed E-state index contributed by atoms with van der Waals surface area (Å²) in [5.74, 6) is 0. The smallest absolute Gasteiger partial charge is 0.813 e. The number of hydrogen-bond donors (Lipinski definition) is 0. The van der Waals surface area contributed by atoms with Gasteiger partial charge in [-0.1, -0.05) is 36.4 Å². The molecule has 1 aromatic carbocycles. The van der Waals surface area contributed by atoms with Gasteiger partial charge in [-0.25, -0.2) is 0 Å². The first-order valence-corrected chi connectivity index (χ1v) is 2.00. The topological polar surface area (TPSA) is 0 Å². The largest absolute Gasteiger partial charge is 1.00 e. The SMILES string of the molecule is [Na+].[SH-].c1ccccc1. The van der Waals surface area contributed by atoms with Gasteiger partial charge in [-0.05, 0) is 0 Å². The Balaban J connectivity index is 0. The van der Waals surface area contributed by atoms with Crippen molar-refractivity contribution >= 4 is 13.5 Å². The zero-order valence-corrected chi connectivity index (χ0v) is 7.81. The van der Waals surface area contributed by atoms with Crippen LogP contribution in [0.5, 0.6) is 0 Å². The van der Waals surface area contributed by atoms with Crippen molar-refractivity contribution in [3.63, 3.8) is 0 Å². The van der Waals surface area contributed by atoms with Crippen LogP contribution in [-0.4, -0.2) is 0 Å². The summed E-state index contributed by atoms with van der Waals surface area (Å²) < 4.78 is 0. The van der Waals surface area contributed by atoms with E-state index < -0.39 is 0 Å². The molecule has 0 aliphatic rings. The van der Waals surface area contributed by atoms with Crippen LogP contribution in [0.2, 0.25) is 0 Å². The number of benzene rings is 1. The summed E-state index contributed by atoms with van der Waals surface area (Å²) in [6.45, 7) is 0. The summed E-state index contributed by atoms with van der Waals surface area (Å²) in [7, 11) is 0. The Labute approximate surface area is 79.0 Å². The van der Waals surface area contributed by atoms with Gasteiger partial charge in [0.25, 0.3) is 0 Å². The Morgan fingerprint density at radius 2 is 0.625 bits per heavy atom. The summed E-state index contributed by atoms with van der Waals surface area (Å²) in [5.41, 5.74) is 0. The quantitative estimate of drug-likeness (QED) is 0.234. The van der Waals surface area contributed by atoms with Crippen LogP contribution in [0.25, 0.3) is 0 Å². The van der Waals surface area contributed by atoms with Gasteiger partial charge in [-0.3, -0.25) is 0 Å². The normalized spacial score (nSPS) is 6.00. The van der Waals surface area contributed by atoms with Crippen LogP contribution in [0.1, 0.15) is 0 Å². The van der Waals surface area contributed by atoms with E-state index >= 15 is 0 Å². The zero-order chi connectivity index (χ0) is 4.24. The molecular weight excluding hydrogens is 127 g/mol. The Hall–Kier alpha value is 0.570. The predicted octanol–water partition coefficient (Wildman–Crippen LogP) is -1.58. The number of hydrogen-bond acceptors (Lipinski definition) is 1. The van der Waals surface area contributed by atoms with E-state index in [9.17, 15) is 0 Å². The van der Waals surface area contributed by atoms with Gasteiger partial charge in [-0.15, -0.1) is 0 Å². The summed E-state index contributed by atoms with van der Waals surface area (Å²) in [5, 5.41) is 0. The van der Waals surface area contributed by atoms with Gasteiger partial charge in [0, 0.05) is 0 Å². The molecule has 0 nitrogen and oxygen atoms in total. The van der Waals surface area contributed by atoms with Crippen molar-refractivity contribution in [2.45, 2.75) is 0 Å². The van der Waals surface area contributed by atoms with Crippen molar-refractivity contribution in [2.75, 3.05) is 0 Å². The molecule has 0 amide bonds. The van der Waals surface area contributed by atoms with E-state index in [0.717, 1.165) is 0 Å². The van der Waals surface area contributed by atoms with E-state index in [1.54, 1.807) is 0 Å². The van der Waals surface area contributed by atoms with E-state index in [2.05, 4.69) is 0 Å². The molecule has 0 bridgehead atoms. The van der Waals surface area contributed by atoms with Gasteiger partial charge in [-0.2, -0.15) is 0 Å². The predicted molar refractivity (Wildman–Crippen MR) is 35.2 cm³/mol. The molecule has 0 aliphatic carbocycles. The molecule has 0 atom stereocenters. The second-order valence-electron chi connectivity index (χ2n) is 1.15. The molecule has 0 N–H and O–H groups in total. The standard InChI is InChI=1S/C6H6.Na.H2S/c1-2-4-6-5-3-1;;/h1-6H;;1H2/q;+1;/p-1. The van der Waals surface area contributed by atoms with Crippen LogP contribution in [0, 0.1) is 0 Å². The van der Waals surface area contributed by atoms with Crippen LogP contribution < -0.4 is 29.6 Å². The van der Waals surface area contributed by atoms with Crippen molar-refractivity contribution in [3.8, 4) is 0 Å². The van der Waals surface area contributed by atoms with Gasteiger partial charge in [0.2, 0.25) is 0 Å². The third-order valence-corrected chi connectivity index (χ3v) is 0.667. The summed E-state index contributed by atoms with van der Waals surface area (Å²) in [4.78, 5) is 0. The van der Waals surface area contributed by atoms with Crippen LogP contribution >= 0.6 is 0 Å². The van der Waals surface area contributed by atoms with Crippen molar-refractivity contribution in [2.24, 2.45) is 0 Å². The van der Waals surface area contributed by atoms with E-state index in [1.807, 2.05) is 36.4 Å². The molecule has 0 saturated carbocycles. The molecule has 0 unspecified atom stereocenters. The molecule has 1 aromatic rings. The second-order valence-corrected chi connectivity index (χ2v) is 1.15. The number of rotatable bonds is 0. The monoisotopic (exact) mass is 134 g/mol. The molecular formula is C6H7NaS. The Morgan fingerprint density at radius 3 is 0.750 bits per heavy atom. The van der Waals surface area contributed by atoms with E-state index in [-0.39, 0.29) is 43.1 Å². The van der Waals surface area contributed by atoms with Crippen LogP contribution in [0.3, 0.4) is 0 Å². The van der Waals surface area contributed by atoms with E-state index in [1.165, 1.54) is 0 Å². The van der Waals surface area contributed by atoms with Crippen molar-refractivity contribution < 1.29 is 29.6 Å². The Morgan fingerprint density at radius 1 is 0.500 bits per heavy atom. The van der Waals surface area contributed by atoms with Crippen LogP contribution in [0.4, 0.5) is 0 Å². The maximum absolute atomic E-state index is 2.00. The molecule has 0 radical (unpaired) electrons. The maximum atomic E-state index is 2.00. The van der Waals surface area contributed by atoms with E-state index in [0.29, 0.717) is 0 Å². The maximum Gasteiger partial charge on any atom is 1.00 e. The van der Waals surface area contributed by atoms with Crippen molar-refractivity contribution in [1.82, 2.24) is 0 Å². The first-order chi connectivity index (χ1) is 3.00. The minimum Gasteiger partial charge on any atom is -0.813 e. The van der Waals surface area contributed by atoms with Crippen molar-refractivity contribution in [3.05, 3.63) is 36.4 Å². The minimum atomic E-state index is 0. The summed E-state index contributed by atoms with van der Waals surface area (Å²) in [6.07, 6.45) is 0. The second kappa shape index (κ2) is 7.57. The molecule has 1 rings (SSSR count). The molecule has 8 heavy (non-hydrogen) atoms. The molecule has 0 fully saturated rings. The fourth-order valence-electron chi connectivity index (χ4n) is 0.385. The zero-order valence-electron chi connectivity index (χ0n) is 4.91. The molecule has 0 saturated heterocycles. The molecule has 2 heteroatoms. The molecule has 0 aromatic heterocycles. The van der Waals surface area contributed by atoms with Gasteiger partial charge in [0.05, 0.1) is 0 Å². The average molecular weight is 134 g/mol. The van der Waals surface area contributed by atoms with Crippen molar-refractivity contribution in [1.29, 1.82) is 0 Å². The van der Waals surface area contributed by atoms with Gasteiger partial charge >= 0.3 is 29.6 Å². The Bertz CT molecular complexity index is 80.5. The fraction of sp³-hybridized carbons (Fsp3) is 0. The minimum absolute atomic E-state index is 0. The van der Waals surface area contributed by atoms with Gasteiger partial charge in [0.15, 0.2) is 0 Å². The molecule has 38 valence electrons.